The molecule has 0 saturated carbocycles. The Hall–Kier alpha value is -1.15. The number of hydrogen-bond acceptors (Lipinski definition) is 2. The zero-order valence-electron chi connectivity index (χ0n) is 12.1. The van der Waals surface area contributed by atoms with Crippen molar-refractivity contribution >= 4 is 6.29 Å². The third kappa shape index (κ3) is 3.66. The van der Waals surface area contributed by atoms with Gasteiger partial charge in [-0.15, -0.1) is 0 Å². The van der Waals surface area contributed by atoms with Crippen molar-refractivity contribution in [2.75, 3.05) is 20.1 Å². The summed E-state index contributed by atoms with van der Waals surface area (Å²) in [5.74, 6) is 1.00. The van der Waals surface area contributed by atoms with Crippen molar-refractivity contribution in [3.05, 3.63) is 35.4 Å². The minimum atomic E-state index is 0.342. The molecule has 0 N–H and O–H groups in total. The van der Waals surface area contributed by atoms with Crippen LogP contribution in [0.2, 0.25) is 0 Å². The van der Waals surface area contributed by atoms with Crippen LogP contribution in [0.15, 0.2) is 24.3 Å². The second-order valence-corrected chi connectivity index (χ2v) is 5.86. The average Bonchev–Trinajstić information content (AvgIpc) is 2.64. The summed E-state index contributed by atoms with van der Waals surface area (Å²) >= 11 is 0. The van der Waals surface area contributed by atoms with Crippen molar-refractivity contribution in [2.24, 2.45) is 0 Å². The van der Waals surface area contributed by atoms with E-state index in [0.717, 1.165) is 6.29 Å². The van der Waals surface area contributed by atoms with Crippen molar-refractivity contribution in [2.45, 2.75) is 44.4 Å². The molecular formula is C17H25NO. The average molecular weight is 259 g/mol. The molecule has 0 spiro atoms. The van der Waals surface area contributed by atoms with E-state index in [2.05, 4.69) is 43.1 Å². The number of rotatable bonds is 4. The second-order valence-electron chi connectivity index (χ2n) is 5.86. The van der Waals surface area contributed by atoms with E-state index in [1.54, 1.807) is 0 Å². The van der Waals surface area contributed by atoms with Crippen LogP contribution in [-0.4, -0.2) is 31.3 Å². The van der Waals surface area contributed by atoms with Crippen LogP contribution in [0.25, 0.3) is 0 Å². The van der Waals surface area contributed by atoms with Crippen LogP contribution in [0.5, 0.6) is 0 Å². The molecular weight excluding hydrogens is 234 g/mol. The smallest absolute Gasteiger partial charge is 0.120 e. The summed E-state index contributed by atoms with van der Waals surface area (Å²) in [5, 5.41) is 0. The quantitative estimate of drug-likeness (QED) is 0.770. The Balaban J connectivity index is 2.20. The van der Waals surface area contributed by atoms with Gasteiger partial charge in [0.1, 0.15) is 6.29 Å². The second kappa shape index (κ2) is 6.85. The number of carbonyl (C=O) groups excluding carboxylic acids is 1. The lowest BCUT2D eigenvalue weighted by atomic mass is 9.84. The summed E-state index contributed by atoms with van der Waals surface area (Å²) in [6, 6.07) is 8.72. The first kappa shape index (κ1) is 14.3. The Bertz CT molecular complexity index is 415. The summed E-state index contributed by atoms with van der Waals surface area (Å²) < 4.78 is 0. The third-order valence-electron chi connectivity index (χ3n) is 4.37. The topological polar surface area (TPSA) is 20.3 Å². The zero-order valence-corrected chi connectivity index (χ0v) is 12.1. The Morgan fingerprint density at radius 1 is 1.32 bits per heavy atom. The molecule has 2 rings (SSSR count). The van der Waals surface area contributed by atoms with Crippen molar-refractivity contribution < 1.29 is 4.79 Å². The molecule has 0 aliphatic carbocycles. The van der Waals surface area contributed by atoms with Gasteiger partial charge in [0.2, 0.25) is 0 Å². The summed E-state index contributed by atoms with van der Waals surface area (Å²) in [6.07, 6.45) is 5.46. The highest BCUT2D eigenvalue weighted by Gasteiger charge is 2.20. The lowest BCUT2D eigenvalue weighted by Crippen LogP contribution is -2.18. The van der Waals surface area contributed by atoms with Gasteiger partial charge in [0, 0.05) is 6.42 Å². The molecule has 2 unspecified atom stereocenters. The van der Waals surface area contributed by atoms with Crippen LogP contribution in [-0.2, 0) is 4.79 Å². The third-order valence-corrected chi connectivity index (χ3v) is 4.37. The molecule has 0 bridgehead atoms. The Kier molecular flexibility index (Phi) is 5.15. The van der Waals surface area contributed by atoms with Crippen LogP contribution in [0.3, 0.4) is 0 Å². The summed E-state index contributed by atoms with van der Waals surface area (Å²) in [5.41, 5.74) is 2.86. The Labute approximate surface area is 116 Å². The monoisotopic (exact) mass is 259 g/mol. The Morgan fingerprint density at radius 2 is 2.11 bits per heavy atom. The maximum absolute atomic E-state index is 10.8. The van der Waals surface area contributed by atoms with Crippen molar-refractivity contribution in [3.63, 3.8) is 0 Å². The molecule has 2 atom stereocenters. The molecule has 2 heteroatoms. The largest absolute Gasteiger partial charge is 0.306 e. The van der Waals surface area contributed by atoms with Gasteiger partial charge in [0.05, 0.1) is 0 Å². The minimum Gasteiger partial charge on any atom is -0.306 e. The summed E-state index contributed by atoms with van der Waals surface area (Å²) in [7, 11) is 2.21. The van der Waals surface area contributed by atoms with Crippen molar-refractivity contribution in [1.82, 2.24) is 4.90 Å². The van der Waals surface area contributed by atoms with Gasteiger partial charge in [0.15, 0.2) is 0 Å². The van der Waals surface area contributed by atoms with Gasteiger partial charge in [-0.2, -0.15) is 0 Å². The molecule has 2 nitrogen and oxygen atoms in total. The molecule has 0 aromatic heterocycles. The summed E-state index contributed by atoms with van der Waals surface area (Å²) in [4.78, 5) is 13.2. The normalized spacial score (nSPS) is 22.7. The minimum absolute atomic E-state index is 0.342. The van der Waals surface area contributed by atoms with Crippen LogP contribution in [0, 0.1) is 0 Å². The van der Waals surface area contributed by atoms with Gasteiger partial charge in [0.25, 0.3) is 0 Å². The van der Waals surface area contributed by atoms with Gasteiger partial charge in [-0.1, -0.05) is 31.2 Å². The molecule has 1 aliphatic heterocycles. The first-order valence-corrected chi connectivity index (χ1v) is 7.43. The fourth-order valence-electron chi connectivity index (χ4n) is 3.15. The Morgan fingerprint density at radius 3 is 2.89 bits per heavy atom. The molecule has 1 aromatic carbocycles. The lowest BCUT2D eigenvalue weighted by Gasteiger charge is -2.21. The maximum atomic E-state index is 10.8. The van der Waals surface area contributed by atoms with Crippen LogP contribution in [0.1, 0.15) is 55.6 Å². The van der Waals surface area contributed by atoms with Gasteiger partial charge in [-0.25, -0.2) is 0 Å². The highest BCUT2D eigenvalue weighted by atomic mass is 16.1. The predicted octanol–water partition coefficient (Wildman–Crippen LogP) is 3.58. The number of nitrogens with zero attached hydrogens (tertiary/aromatic N) is 1. The van der Waals surface area contributed by atoms with E-state index in [4.69, 9.17) is 0 Å². The van der Waals surface area contributed by atoms with Gasteiger partial charge < -0.3 is 9.69 Å². The first-order chi connectivity index (χ1) is 9.22. The van der Waals surface area contributed by atoms with Gasteiger partial charge >= 0.3 is 0 Å². The highest BCUT2D eigenvalue weighted by molar-refractivity contribution is 5.52. The number of aldehydes is 1. The fraction of sp³-hybridized carbons (Fsp3) is 0.588. The lowest BCUT2D eigenvalue weighted by molar-refractivity contribution is -0.108. The standard InChI is InChI=1S/C17H25NO/c1-14(10-13-19)16-7-3-4-8-17(16)15-6-5-11-18(2)12-9-15/h3-4,7-8,13-15H,5-6,9-12H2,1-2H3. The van der Waals surface area contributed by atoms with Gasteiger partial charge in [-0.05, 0) is 62.4 Å². The first-order valence-electron chi connectivity index (χ1n) is 7.43. The number of benzene rings is 1. The predicted molar refractivity (Wildman–Crippen MR) is 79.6 cm³/mol. The van der Waals surface area contributed by atoms with Gasteiger partial charge in [-0.3, -0.25) is 0 Å². The highest BCUT2D eigenvalue weighted by Crippen LogP contribution is 2.34. The molecule has 1 fully saturated rings. The SMILES string of the molecule is CC(CC=O)c1ccccc1C1CCCN(C)CC1. The molecule has 19 heavy (non-hydrogen) atoms. The number of carbonyl (C=O) groups is 1. The molecule has 1 aliphatic rings. The van der Waals surface area contributed by atoms with E-state index < -0.39 is 0 Å². The van der Waals surface area contributed by atoms with E-state index in [1.807, 2.05) is 0 Å². The maximum Gasteiger partial charge on any atom is 0.120 e. The van der Waals surface area contributed by atoms with E-state index >= 15 is 0 Å². The summed E-state index contributed by atoms with van der Waals surface area (Å²) in [6.45, 7) is 4.56. The van der Waals surface area contributed by atoms with Crippen molar-refractivity contribution in [3.8, 4) is 0 Å². The van der Waals surface area contributed by atoms with Crippen LogP contribution >= 0.6 is 0 Å². The van der Waals surface area contributed by atoms with Crippen LogP contribution < -0.4 is 0 Å². The number of hydrogen-bond donors (Lipinski definition) is 0. The zero-order chi connectivity index (χ0) is 13.7. The molecule has 1 saturated heterocycles. The molecule has 104 valence electrons. The van der Waals surface area contributed by atoms with E-state index in [0.29, 0.717) is 18.3 Å². The van der Waals surface area contributed by atoms with Crippen molar-refractivity contribution in [1.29, 1.82) is 0 Å². The molecule has 1 aromatic rings. The molecule has 1 heterocycles. The van der Waals surface area contributed by atoms with E-state index in [-0.39, 0.29) is 0 Å². The van der Waals surface area contributed by atoms with E-state index in [1.165, 1.54) is 43.5 Å². The van der Waals surface area contributed by atoms with Crippen LogP contribution in [0.4, 0.5) is 0 Å². The molecule has 0 radical (unpaired) electrons. The number of likely N-dealkylation sites (tertiary alicyclic amines) is 1. The van der Waals surface area contributed by atoms with E-state index in [9.17, 15) is 4.79 Å². The molecule has 0 amide bonds. The fourth-order valence-corrected chi connectivity index (χ4v) is 3.15.